The molecule has 0 bridgehead atoms. The topological polar surface area (TPSA) is 35.3 Å². The lowest BCUT2D eigenvalue weighted by Crippen LogP contribution is -1.96. The highest BCUT2D eigenvalue weighted by atomic mass is 16.5. The first kappa shape index (κ1) is 13.4. The average Bonchev–Trinajstić information content (AvgIpc) is 2.94. The van der Waals surface area contributed by atoms with E-state index in [9.17, 15) is 0 Å². The Balaban J connectivity index is 1.70. The molecule has 2 aromatic carbocycles. The van der Waals surface area contributed by atoms with Crippen molar-refractivity contribution in [1.82, 2.24) is 4.98 Å². The van der Waals surface area contributed by atoms with Crippen molar-refractivity contribution in [3.8, 4) is 17.2 Å². The van der Waals surface area contributed by atoms with E-state index in [4.69, 9.17) is 9.15 Å². The molecule has 0 saturated heterocycles. The Hall–Kier alpha value is -2.55. The summed E-state index contributed by atoms with van der Waals surface area (Å²) in [5, 5.41) is 0. The van der Waals surface area contributed by atoms with Gasteiger partial charge >= 0.3 is 0 Å². The number of rotatable bonds is 4. The summed E-state index contributed by atoms with van der Waals surface area (Å²) in [5.41, 5.74) is 4.13. The summed E-state index contributed by atoms with van der Waals surface area (Å²) in [6.45, 7) is 4.52. The predicted molar refractivity (Wildman–Crippen MR) is 82.2 cm³/mol. The maximum absolute atomic E-state index is 5.78. The number of nitrogens with zero attached hydrogens (tertiary/aromatic N) is 1. The molecule has 3 rings (SSSR count). The van der Waals surface area contributed by atoms with Gasteiger partial charge in [-0.25, -0.2) is 4.98 Å². The molecule has 106 valence electrons. The van der Waals surface area contributed by atoms with Crippen molar-refractivity contribution in [3.05, 3.63) is 71.6 Å². The molecule has 0 aliphatic heterocycles. The molecular formula is C18H17NO2. The van der Waals surface area contributed by atoms with Gasteiger partial charge in [0.15, 0.2) is 0 Å². The summed E-state index contributed by atoms with van der Waals surface area (Å²) < 4.78 is 11.3. The van der Waals surface area contributed by atoms with Crippen molar-refractivity contribution in [2.75, 3.05) is 0 Å². The second-order valence-corrected chi connectivity index (χ2v) is 5.12. The number of aromatic nitrogens is 1. The van der Waals surface area contributed by atoms with Gasteiger partial charge in [0.2, 0.25) is 5.89 Å². The van der Waals surface area contributed by atoms with Crippen molar-refractivity contribution in [2.45, 2.75) is 20.5 Å². The third kappa shape index (κ3) is 3.31. The summed E-state index contributed by atoms with van der Waals surface area (Å²) >= 11 is 0. The van der Waals surface area contributed by atoms with E-state index in [0.717, 1.165) is 17.0 Å². The lowest BCUT2D eigenvalue weighted by atomic mass is 10.1. The van der Waals surface area contributed by atoms with Gasteiger partial charge in [-0.15, -0.1) is 0 Å². The first-order chi connectivity index (χ1) is 10.2. The van der Waals surface area contributed by atoms with E-state index in [-0.39, 0.29) is 0 Å². The Bertz CT molecular complexity index is 712. The summed E-state index contributed by atoms with van der Waals surface area (Å²) in [6, 6.07) is 16.0. The van der Waals surface area contributed by atoms with Crippen LogP contribution < -0.4 is 4.74 Å². The average molecular weight is 279 g/mol. The van der Waals surface area contributed by atoms with E-state index in [2.05, 4.69) is 24.9 Å². The Labute approximate surface area is 124 Å². The van der Waals surface area contributed by atoms with Crippen LogP contribution in [0.3, 0.4) is 0 Å². The minimum Gasteiger partial charge on any atom is -0.487 e. The van der Waals surface area contributed by atoms with Gasteiger partial charge in [-0.1, -0.05) is 24.3 Å². The number of benzene rings is 2. The highest BCUT2D eigenvalue weighted by Gasteiger charge is 2.07. The number of ether oxygens (including phenoxy) is 1. The van der Waals surface area contributed by atoms with E-state index in [0.29, 0.717) is 12.5 Å². The SMILES string of the molecule is Cc1cc(C)cc(OCc2coc(-c3ccccc3)n2)c1. The van der Waals surface area contributed by atoms with Gasteiger partial charge in [-0.3, -0.25) is 0 Å². The van der Waals surface area contributed by atoms with Crippen LogP contribution in [0.2, 0.25) is 0 Å². The maximum Gasteiger partial charge on any atom is 0.226 e. The Morgan fingerprint density at radius 1 is 1.00 bits per heavy atom. The lowest BCUT2D eigenvalue weighted by molar-refractivity contribution is 0.300. The molecule has 1 heterocycles. The van der Waals surface area contributed by atoms with Gasteiger partial charge in [0.25, 0.3) is 0 Å². The van der Waals surface area contributed by atoms with Crippen molar-refractivity contribution in [1.29, 1.82) is 0 Å². The smallest absolute Gasteiger partial charge is 0.226 e. The van der Waals surface area contributed by atoms with Gasteiger partial charge in [-0.2, -0.15) is 0 Å². The second-order valence-electron chi connectivity index (χ2n) is 5.12. The zero-order valence-electron chi connectivity index (χ0n) is 12.2. The second kappa shape index (κ2) is 5.83. The molecule has 0 amide bonds. The molecule has 21 heavy (non-hydrogen) atoms. The minimum atomic E-state index is 0.402. The number of aryl methyl sites for hydroxylation is 2. The molecule has 0 fully saturated rings. The molecule has 3 nitrogen and oxygen atoms in total. The van der Waals surface area contributed by atoms with Gasteiger partial charge in [0.1, 0.15) is 24.3 Å². The van der Waals surface area contributed by atoms with Crippen LogP contribution in [0.4, 0.5) is 0 Å². The molecule has 0 aliphatic carbocycles. The highest BCUT2D eigenvalue weighted by Crippen LogP contribution is 2.20. The lowest BCUT2D eigenvalue weighted by Gasteiger charge is -2.06. The van der Waals surface area contributed by atoms with Gasteiger partial charge in [0, 0.05) is 5.56 Å². The fraction of sp³-hybridized carbons (Fsp3) is 0.167. The van der Waals surface area contributed by atoms with E-state index in [1.54, 1.807) is 6.26 Å². The van der Waals surface area contributed by atoms with Gasteiger partial charge in [-0.05, 0) is 49.2 Å². The van der Waals surface area contributed by atoms with Crippen molar-refractivity contribution in [2.24, 2.45) is 0 Å². The number of hydrogen-bond donors (Lipinski definition) is 0. The van der Waals surface area contributed by atoms with E-state index >= 15 is 0 Å². The van der Waals surface area contributed by atoms with Gasteiger partial charge < -0.3 is 9.15 Å². The molecule has 0 radical (unpaired) electrons. The van der Waals surface area contributed by atoms with Crippen LogP contribution >= 0.6 is 0 Å². The van der Waals surface area contributed by atoms with E-state index in [1.807, 2.05) is 42.5 Å². The number of hydrogen-bond acceptors (Lipinski definition) is 3. The standard InChI is InChI=1S/C18H17NO2/c1-13-8-14(2)10-17(9-13)20-11-16-12-21-18(19-16)15-6-4-3-5-7-15/h3-10,12H,11H2,1-2H3. The minimum absolute atomic E-state index is 0.402. The van der Waals surface area contributed by atoms with Crippen molar-refractivity contribution in [3.63, 3.8) is 0 Å². The molecule has 3 heteroatoms. The normalized spacial score (nSPS) is 10.6. The first-order valence-electron chi connectivity index (χ1n) is 6.91. The predicted octanol–water partition coefficient (Wildman–Crippen LogP) is 4.54. The zero-order chi connectivity index (χ0) is 14.7. The Kier molecular flexibility index (Phi) is 3.73. The third-order valence-corrected chi connectivity index (χ3v) is 3.15. The van der Waals surface area contributed by atoms with Crippen LogP contribution in [0, 0.1) is 13.8 Å². The van der Waals surface area contributed by atoms with Crippen LogP contribution in [-0.4, -0.2) is 4.98 Å². The molecule has 3 aromatic rings. The van der Waals surface area contributed by atoms with Crippen molar-refractivity contribution >= 4 is 0 Å². The molecule has 0 spiro atoms. The van der Waals surface area contributed by atoms with E-state index < -0.39 is 0 Å². The molecular weight excluding hydrogens is 262 g/mol. The zero-order valence-corrected chi connectivity index (χ0v) is 12.2. The molecule has 1 aromatic heterocycles. The fourth-order valence-electron chi connectivity index (χ4n) is 2.26. The van der Waals surface area contributed by atoms with Crippen LogP contribution in [0.1, 0.15) is 16.8 Å². The summed E-state index contributed by atoms with van der Waals surface area (Å²) in [7, 11) is 0. The van der Waals surface area contributed by atoms with Crippen LogP contribution in [0.5, 0.6) is 5.75 Å². The quantitative estimate of drug-likeness (QED) is 0.703. The largest absolute Gasteiger partial charge is 0.487 e. The highest BCUT2D eigenvalue weighted by molar-refractivity contribution is 5.52. The summed E-state index contributed by atoms with van der Waals surface area (Å²) in [4.78, 5) is 4.45. The molecule has 0 saturated carbocycles. The third-order valence-electron chi connectivity index (χ3n) is 3.15. The maximum atomic E-state index is 5.78. The molecule has 0 N–H and O–H groups in total. The molecule has 0 atom stereocenters. The molecule has 0 unspecified atom stereocenters. The van der Waals surface area contributed by atoms with E-state index in [1.165, 1.54) is 11.1 Å². The van der Waals surface area contributed by atoms with Crippen LogP contribution in [0.25, 0.3) is 11.5 Å². The fourth-order valence-corrected chi connectivity index (χ4v) is 2.26. The first-order valence-corrected chi connectivity index (χ1v) is 6.91. The van der Waals surface area contributed by atoms with Crippen LogP contribution in [0.15, 0.2) is 59.2 Å². The summed E-state index contributed by atoms with van der Waals surface area (Å²) in [5.74, 6) is 1.48. The molecule has 0 aliphatic rings. The monoisotopic (exact) mass is 279 g/mol. The summed E-state index contributed by atoms with van der Waals surface area (Å²) in [6.07, 6.45) is 1.64. The van der Waals surface area contributed by atoms with Crippen molar-refractivity contribution < 1.29 is 9.15 Å². The Morgan fingerprint density at radius 2 is 1.71 bits per heavy atom. The van der Waals surface area contributed by atoms with Gasteiger partial charge in [0.05, 0.1) is 0 Å². The Morgan fingerprint density at radius 3 is 2.43 bits per heavy atom. The number of oxazole rings is 1. The van der Waals surface area contributed by atoms with Crippen LogP contribution in [-0.2, 0) is 6.61 Å².